The molecule has 0 aliphatic heterocycles. The van der Waals surface area contributed by atoms with Gasteiger partial charge in [-0.2, -0.15) is 31.6 Å². The summed E-state index contributed by atoms with van der Waals surface area (Å²) in [6.45, 7) is 1.41. The van der Waals surface area contributed by atoms with Crippen molar-refractivity contribution >= 4 is 11.9 Å². The molecule has 148 valence electrons. The summed E-state index contributed by atoms with van der Waals surface area (Å²) in [5.74, 6) is -3.07. The van der Waals surface area contributed by atoms with Crippen molar-refractivity contribution in [2.45, 2.75) is 31.7 Å². The number of rotatable bonds is 5. The van der Waals surface area contributed by atoms with Gasteiger partial charge in [0, 0.05) is 11.5 Å². The fourth-order valence-corrected chi connectivity index (χ4v) is 2.09. The van der Waals surface area contributed by atoms with E-state index in [2.05, 4.69) is 4.74 Å². The second-order valence-electron chi connectivity index (χ2n) is 5.61. The molecule has 0 aliphatic carbocycles. The van der Waals surface area contributed by atoms with E-state index in [4.69, 9.17) is 5.26 Å². The average Bonchev–Trinajstić information content (AvgIpc) is 2.58. The van der Waals surface area contributed by atoms with Crippen LogP contribution in [0.1, 0.15) is 34.8 Å². The molecule has 0 spiro atoms. The normalized spacial score (nSPS) is 14.0. The molecule has 11 heteroatoms. The molecule has 1 aromatic rings. The predicted molar refractivity (Wildman–Crippen MR) is 79.1 cm³/mol. The van der Waals surface area contributed by atoms with E-state index in [1.54, 1.807) is 6.07 Å². The Kier molecular flexibility index (Phi) is 6.83. The molecule has 2 atom stereocenters. The second-order valence-corrected chi connectivity index (χ2v) is 5.61. The van der Waals surface area contributed by atoms with Crippen molar-refractivity contribution in [2.24, 2.45) is 5.92 Å². The first-order valence-corrected chi connectivity index (χ1v) is 7.37. The van der Waals surface area contributed by atoms with Gasteiger partial charge < -0.3 is 10.1 Å². The summed E-state index contributed by atoms with van der Waals surface area (Å²) in [6, 6.07) is 0.740. The Hall–Kier alpha value is -2.77. The van der Waals surface area contributed by atoms with Crippen LogP contribution in [0.4, 0.5) is 26.3 Å². The number of alkyl halides is 6. The van der Waals surface area contributed by atoms with E-state index in [0.29, 0.717) is 0 Å². The van der Waals surface area contributed by atoms with Crippen molar-refractivity contribution in [3.63, 3.8) is 0 Å². The first-order valence-electron chi connectivity index (χ1n) is 7.37. The third-order valence-corrected chi connectivity index (χ3v) is 3.45. The highest BCUT2D eigenvalue weighted by Gasteiger charge is 2.38. The van der Waals surface area contributed by atoms with Gasteiger partial charge in [-0.1, -0.05) is 0 Å². The highest BCUT2D eigenvalue weighted by Crippen LogP contribution is 2.36. The Labute approximate surface area is 149 Å². The summed E-state index contributed by atoms with van der Waals surface area (Å²) in [6.07, 6.45) is -10.5. The summed E-state index contributed by atoms with van der Waals surface area (Å²) in [5, 5.41) is 10.8. The van der Waals surface area contributed by atoms with Crippen molar-refractivity contribution in [3.05, 3.63) is 34.9 Å². The van der Waals surface area contributed by atoms with Crippen molar-refractivity contribution in [2.75, 3.05) is 7.11 Å². The summed E-state index contributed by atoms with van der Waals surface area (Å²) >= 11 is 0. The van der Waals surface area contributed by atoms with E-state index in [1.807, 2.05) is 5.32 Å². The number of hydrogen-bond acceptors (Lipinski definition) is 4. The minimum Gasteiger partial charge on any atom is -0.467 e. The monoisotopic (exact) mass is 396 g/mol. The van der Waals surface area contributed by atoms with Crippen molar-refractivity contribution in [1.29, 1.82) is 5.26 Å². The molecule has 5 nitrogen and oxygen atoms in total. The number of esters is 1. The molecule has 0 saturated carbocycles. The number of carbonyl (C=O) groups excluding carboxylic acids is 2. The van der Waals surface area contributed by atoms with Crippen LogP contribution in [0.3, 0.4) is 0 Å². The number of nitriles is 1. The van der Waals surface area contributed by atoms with E-state index in [0.717, 1.165) is 7.11 Å². The second kappa shape index (κ2) is 8.28. The Morgan fingerprint density at radius 1 is 1.11 bits per heavy atom. The van der Waals surface area contributed by atoms with Gasteiger partial charge in [-0.15, -0.1) is 0 Å². The molecule has 0 fully saturated rings. The lowest BCUT2D eigenvalue weighted by Crippen LogP contribution is -2.42. The lowest BCUT2D eigenvalue weighted by atomic mass is 10.0. The molecule has 27 heavy (non-hydrogen) atoms. The van der Waals surface area contributed by atoms with E-state index in [9.17, 15) is 35.9 Å². The quantitative estimate of drug-likeness (QED) is 0.610. The van der Waals surface area contributed by atoms with Crippen LogP contribution >= 0.6 is 0 Å². The number of nitrogens with one attached hydrogen (secondary N) is 1. The van der Waals surface area contributed by atoms with Crippen molar-refractivity contribution in [1.82, 2.24) is 5.32 Å². The Morgan fingerprint density at radius 2 is 1.59 bits per heavy atom. The number of methoxy groups -OCH3 is 1. The van der Waals surface area contributed by atoms with E-state index >= 15 is 0 Å². The van der Waals surface area contributed by atoms with Gasteiger partial charge in [0.25, 0.3) is 5.91 Å². The predicted octanol–water partition coefficient (Wildman–Crippen LogP) is 3.55. The van der Waals surface area contributed by atoms with Crippen LogP contribution in [0.15, 0.2) is 18.2 Å². The Bertz CT molecular complexity index is 720. The van der Waals surface area contributed by atoms with Gasteiger partial charge in [-0.05, 0) is 31.5 Å². The lowest BCUT2D eigenvalue weighted by molar-refractivity contribution is -0.144. The lowest BCUT2D eigenvalue weighted by Gasteiger charge is -2.19. The largest absolute Gasteiger partial charge is 0.467 e. The molecule has 0 aromatic heterocycles. The number of amides is 1. The average molecular weight is 396 g/mol. The molecule has 1 rings (SSSR count). The number of carbonyl (C=O) groups is 2. The molecule has 0 aliphatic rings. The summed E-state index contributed by atoms with van der Waals surface area (Å²) in [5.41, 5.74) is -4.26. The van der Waals surface area contributed by atoms with Gasteiger partial charge in [-0.25, -0.2) is 4.79 Å². The highest BCUT2D eigenvalue weighted by molar-refractivity contribution is 5.97. The number of nitrogens with zero attached hydrogens (tertiary/aromatic N) is 1. The third kappa shape index (κ3) is 6.16. The summed E-state index contributed by atoms with van der Waals surface area (Å²) < 4.78 is 81.5. The molecule has 0 saturated heterocycles. The number of halogens is 6. The zero-order valence-electron chi connectivity index (χ0n) is 14.0. The smallest absolute Gasteiger partial charge is 0.416 e. The zero-order valence-corrected chi connectivity index (χ0v) is 14.0. The van der Waals surface area contributed by atoms with Gasteiger partial charge >= 0.3 is 18.3 Å². The standard InChI is InChI=1S/C16H14F6N2O3/c1-8(7-23)3-12(14(26)27-2)24-13(25)9-4-10(15(17,18)19)6-11(5-9)16(20,21)22/h4-6,8,12H,3H2,1-2H3,(H,24,25)/t8-,12+/m1/s1. The van der Waals surface area contributed by atoms with E-state index in [1.165, 1.54) is 6.92 Å². The first-order chi connectivity index (χ1) is 12.3. The Morgan fingerprint density at radius 3 is 1.96 bits per heavy atom. The van der Waals surface area contributed by atoms with E-state index < -0.39 is 52.9 Å². The zero-order chi connectivity index (χ0) is 21.0. The van der Waals surface area contributed by atoms with Crippen LogP contribution < -0.4 is 5.32 Å². The Balaban J connectivity index is 3.28. The number of benzene rings is 1. The molecule has 1 N–H and O–H groups in total. The maximum atomic E-state index is 12.9. The van der Waals surface area contributed by atoms with Crippen LogP contribution in [0, 0.1) is 17.2 Å². The minimum absolute atomic E-state index is 0.119. The van der Waals surface area contributed by atoms with Gasteiger partial charge in [-0.3, -0.25) is 4.79 Å². The fourth-order valence-electron chi connectivity index (χ4n) is 2.09. The first kappa shape index (κ1) is 22.3. The van der Waals surface area contributed by atoms with Crippen LogP contribution in [-0.2, 0) is 21.9 Å². The topological polar surface area (TPSA) is 79.2 Å². The maximum absolute atomic E-state index is 12.9. The molecule has 1 aromatic carbocycles. The summed E-state index contributed by atoms with van der Waals surface area (Å²) in [7, 11) is 0.977. The van der Waals surface area contributed by atoms with E-state index in [-0.39, 0.29) is 24.6 Å². The van der Waals surface area contributed by atoms with Crippen LogP contribution in [0.25, 0.3) is 0 Å². The van der Waals surface area contributed by atoms with Crippen molar-refractivity contribution < 1.29 is 40.7 Å². The molecular formula is C16H14F6N2O3. The van der Waals surface area contributed by atoms with Crippen LogP contribution in [0.5, 0.6) is 0 Å². The molecule has 0 bridgehead atoms. The molecular weight excluding hydrogens is 382 g/mol. The molecule has 1 amide bonds. The van der Waals surface area contributed by atoms with Gasteiger partial charge in [0.2, 0.25) is 0 Å². The van der Waals surface area contributed by atoms with Crippen LogP contribution in [0.2, 0.25) is 0 Å². The SMILES string of the molecule is COC(=O)[C@H](C[C@@H](C)C#N)NC(=O)c1cc(C(F)(F)F)cc(C(F)(F)F)c1. The maximum Gasteiger partial charge on any atom is 0.416 e. The third-order valence-electron chi connectivity index (χ3n) is 3.45. The molecule has 0 unspecified atom stereocenters. The van der Waals surface area contributed by atoms with Crippen LogP contribution in [-0.4, -0.2) is 25.0 Å². The minimum atomic E-state index is -5.12. The summed E-state index contributed by atoms with van der Waals surface area (Å²) in [4.78, 5) is 23.8. The van der Waals surface area contributed by atoms with Gasteiger partial charge in [0.15, 0.2) is 0 Å². The number of ether oxygens (including phenoxy) is 1. The van der Waals surface area contributed by atoms with Crippen molar-refractivity contribution in [3.8, 4) is 6.07 Å². The highest BCUT2D eigenvalue weighted by atomic mass is 19.4. The number of hydrogen-bond donors (Lipinski definition) is 1. The fraction of sp³-hybridized carbons (Fsp3) is 0.438. The molecule has 0 heterocycles. The van der Waals surface area contributed by atoms with Gasteiger partial charge in [0.05, 0.1) is 24.3 Å². The molecule has 0 radical (unpaired) electrons. The van der Waals surface area contributed by atoms with Gasteiger partial charge in [0.1, 0.15) is 6.04 Å².